The molecule has 3 heterocycles. The molecule has 1 atom stereocenters. The van der Waals surface area contributed by atoms with E-state index in [0.29, 0.717) is 25.5 Å². The number of nitrogens with zero attached hydrogens (tertiary/aromatic N) is 1. The van der Waals surface area contributed by atoms with Gasteiger partial charge in [0.05, 0.1) is 11.8 Å². The Morgan fingerprint density at radius 2 is 1.89 bits per heavy atom. The third kappa shape index (κ3) is 3.38. The number of rotatable bonds is 4. The Balaban J connectivity index is 1.46. The molecular formula is C22H19NO3S2. The maximum atomic E-state index is 13.5. The monoisotopic (exact) mass is 409 g/mol. The molecular weight excluding hydrogens is 390 g/mol. The van der Waals surface area contributed by atoms with Crippen molar-refractivity contribution in [3.05, 3.63) is 70.4 Å². The average molecular weight is 410 g/mol. The van der Waals surface area contributed by atoms with E-state index in [4.69, 9.17) is 9.47 Å². The molecule has 0 aliphatic carbocycles. The van der Waals surface area contributed by atoms with E-state index in [1.165, 1.54) is 10.5 Å². The lowest BCUT2D eigenvalue weighted by molar-refractivity contribution is -0.118. The van der Waals surface area contributed by atoms with Crippen molar-refractivity contribution in [2.75, 3.05) is 18.1 Å². The second-order valence-electron chi connectivity index (χ2n) is 6.75. The molecule has 2 aromatic carbocycles. The number of hydrogen-bond acceptors (Lipinski definition) is 5. The lowest BCUT2D eigenvalue weighted by Crippen LogP contribution is -2.37. The second kappa shape index (κ2) is 7.53. The van der Waals surface area contributed by atoms with Crippen molar-refractivity contribution < 1.29 is 14.3 Å². The van der Waals surface area contributed by atoms with Crippen LogP contribution in [-0.4, -0.2) is 24.4 Å². The molecule has 0 saturated heterocycles. The third-order valence-corrected chi connectivity index (χ3v) is 7.09. The number of thioether (sulfide) groups is 1. The molecule has 2 aliphatic rings. The zero-order valence-corrected chi connectivity index (χ0v) is 16.8. The highest BCUT2D eigenvalue weighted by Gasteiger charge is 2.32. The van der Waals surface area contributed by atoms with Gasteiger partial charge in [0.1, 0.15) is 13.2 Å². The van der Waals surface area contributed by atoms with Gasteiger partial charge in [0.25, 0.3) is 0 Å². The van der Waals surface area contributed by atoms with Gasteiger partial charge in [0.15, 0.2) is 11.5 Å². The van der Waals surface area contributed by atoms with Crippen molar-refractivity contribution in [1.29, 1.82) is 0 Å². The van der Waals surface area contributed by atoms with Gasteiger partial charge >= 0.3 is 0 Å². The Hall–Kier alpha value is -2.44. The Kier molecular flexibility index (Phi) is 4.74. The quantitative estimate of drug-likeness (QED) is 0.622. The summed E-state index contributed by atoms with van der Waals surface area (Å²) in [5.74, 6) is 1.57. The minimum atomic E-state index is -0.106. The second-order valence-corrected chi connectivity index (χ2v) is 9.03. The van der Waals surface area contributed by atoms with Crippen LogP contribution in [-0.2, 0) is 17.8 Å². The Labute approximate surface area is 172 Å². The fourth-order valence-electron chi connectivity index (χ4n) is 3.55. The number of benzene rings is 2. The Morgan fingerprint density at radius 1 is 1.04 bits per heavy atom. The van der Waals surface area contributed by atoms with Gasteiger partial charge in [-0.3, -0.25) is 4.79 Å². The summed E-state index contributed by atoms with van der Waals surface area (Å²) < 4.78 is 11.4. The summed E-state index contributed by atoms with van der Waals surface area (Å²) in [7, 11) is 0. The van der Waals surface area contributed by atoms with Crippen LogP contribution in [0.3, 0.4) is 0 Å². The fourth-order valence-corrected chi connectivity index (χ4v) is 5.50. The van der Waals surface area contributed by atoms with Crippen LogP contribution in [0.15, 0.2) is 64.9 Å². The summed E-state index contributed by atoms with van der Waals surface area (Å²) in [6.07, 6.45) is 0.769. The number of anilines is 1. The van der Waals surface area contributed by atoms with Crippen LogP contribution >= 0.6 is 23.1 Å². The molecule has 0 saturated carbocycles. The average Bonchev–Trinajstić information content (AvgIpc) is 3.40. The molecule has 1 amide bonds. The molecule has 2 aliphatic heterocycles. The lowest BCUT2D eigenvalue weighted by atomic mass is 10.1. The highest BCUT2D eigenvalue weighted by Crippen LogP contribution is 2.40. The maximum Gasteiger partial charge on any atom is 0.241 e. The molecule has 6 heteroatoms. The summed E-state index contributed by atoms with van der Waals surface area (Å²) in [5, 5.41) is 1.94. The van der Waals surface area contributed by atoms with E-state index in [9.17, 15) is 4.79 Å². The number of fused-ring (bicyclic) bond motifs is 2. The van der Waals surface area contributed by atoms with E-state index in [-0.39, 0.29) is 11.2 Å². The molecule has 4 nitrogen and oxygen atoms in total. The van der Waals surface area contributed by atoms with E-state index < -0.39 is 0 Å². The minimum Gasteiger partial charge on any atom is -0.486 e. The summed E-state index contributed by atoms with van der Waals surface area (Å²) in [5.41, 5.74) is 2.10. The van der Waals surface area contributed by atoms with Crippen molar-refractivity contribution in [2.24, 2.45) is 0 Å². The van der Waals surface area contributed by atoms with Crippen molar-refractivity contribution in [1.82, 2.24) is 0 Å². The van der Waals surface area contributed by atoms with Crippen LogP contribution in [0.5, 0.6) is 11.5 Å². The molecule has 1 aromatic heterocycles. The zero-order chi connectivity index (χ0) is 18.9. The predicted octanol–water partition coefficient (Wildman–Crippen LogP) is 4.77. The van der Waals surface area contributed by atoms with Crippen LogP contribution in [0.2, 0.25) is 0 Å². The first-order valence-electron chi connectivity index (χ1n) is 9.26. The van der Waals surface area contributed by atoms with Gasteiger partial charge in [-0.2, -0.15) is 0 Å². The van der Waals surface area contributed by atoms with E-state index in [1.54, 1.807) is 23.1 Å². The molecule has 0 spiro atoms. The van der Waals surface area contributed by atoms with E-state index >= 15 is 0 Å². The van der Waals surface area contributed by atoms with Gasteiger partial charge in [-0.25, -0.2) is 0 Å². The van der Waals surface area contributed by atoms with Crippen LogP contribution in [0.4, 0.5) is 5.69 Å². The largest absolute Gasteiger partial charge is 0.486 e. The number of ether oxygens (including phenoxy) is 2. The summed E-state index contributed by atoms with van der Waals surface area (Å²) in [6, 6.07) is 18.1. The van der Waals surface area contributed by atoms with Crippen molar-refractivity contribution >= 4 is 34.7 Å². The summed E-state index contributed by atoms with van der Waals surface area (Å²) in [6.45, 7) is 1.65. The van der Waals surface area contributed by atoms with Gasteiger partial charge in [-0.1, -0.05) is 24.3 Å². The minimum absolute atomic E-state index is 0.106. The first-order valence-corrected chi connectivity index (χ1v) is 11.0. The van der Waals surface area contributed by atoms with Gasteiger partial charge < -0.3 is 14.4 Å². The molecule has 0 bridgehead atoms. The number of carbonyl (C=O) groups excluding carboxylic acids is 1. The van der Waals surface area contributed by atoms with E-state index in [1.807, 2.05) is 46.7 Å². The van der Waals surface area contributed by atoms with Crippen molar-refractivity contribution in [2.45, 2.75) is 23.1 Å². The molecule has 3 aromatic rings. The lowest BCUT2D eigenvalue weighted by Gasteiger charge is -2.27. The van der Waals surface area contributed by atoms with Gasteiger partial charge in [-0.05, 0) is 41.6 Å². The number of hydrogen-bond donors (Lipinski definition) is 0. The summed E-state index contributed by atoms with van der Waals surface area (Å²) >= 11 is 3.33. The molecule has 0 radical (unpaired) electrons. The van der Waals surface area contributed by atoms with Crippen LogP contribution in [0.25, 0.3) is 0 Å². The normalized spacial score (nSPS) is 17.2. The highest BCUT2D eigenvalue weighted by molar-refractivity contribution is 8.01. The molecule has 28 heavy (non-hydrogen) atoms. The Bertz CT molecular complexity index is 978. The topological polar surface area (TPSA) is 38.8 Å². The van der Waals surface area contributed by atoms with E-state index in [2.05, 4.69) is 18.2 Å². The zero-order valence-electron chi connectivity index (χ0n) is 15.2. The van der Waals surface area contributed by atoms with Crippen LogP contribution in [0, 0.1) is 0 Å². The Morgan fingerprint density at radius 3 is 2.71 bits per heavy atom. The summed E-state index contributed by atoms with van der Waals surface area (Å²) in [4.78, 5) is 17.8. The number of carbonyl (C=O) groups is 1. The fraction of sp³-hybridized carbons (Fsp3) is 0.227. The van der Waals surface area contributed by atoms with Crippen LogP contribution in [0.1, 0.15) is 10.4 Å². The van der Waals surface area contributed by atoms with Crippen molar-refractivity contribution in [3.8, 4) is 11.5 Å². The molecule has 142 valence electrons. The third-order valence-electron chi connectivity index (χ3n) is 4.92. The van der Waals surface area contributed by atoms with E-state index in [0.717, 1.165) is 22.7 Å². The molecule has 1 unspecified atom stereocenters. The SMILES string of the molecule is O=C(C1Cc2ccccc2S1)N(Cc1cccs1)c1ccc2c(c1)OCCO2. The first kappa shape index (κ1) is 17.6. The van der Waals surface area contributed by atoms with Gasteiger partial charge in [0.2, 0.25) is 5.91 Å². The predicted molar refractivity (Wildman–Crippen MR) is 113 cm³/mol. The van der Waals surface area contributed by atoms with Gasteiger partial charge in [-0.15, -0.1) is 23.1 Å². The van der Waals surface area contributed by atoms with Gasteiger partial charge in [0, 0.05) is 21.5 Å². The molecule has 0 fully saturated rings. The first-order chi connectivity index (χ1) is 13.8. The number of amides is 1. The smallest absolute Gasteiger partial charge is 0.241 e. The van der Waals surface area contributed by atoms with Crippen LogP contribution < -0.4 is 14.4 Å². The molecule has 0 N–H and O–H groups in total. The maximum absolute atomic E-state index is 13.5. The molecule has 5 rings (SSSR count). The standard InChI is InChI=1S/C22H19NO3S2/c24-22(21-12-15-4-1-2-6-20(15)28-21)23(14-17-5-3-11-27-17)16-7-8-18-19(13-16)26-10-9-25-18/h1-8,11,13,21H,9-10,12,14H2. The number of thiophene rings is 1. The van der Waals surface area contributed by atoms with Crippen molar-refractivity contribution in [3.63, 3.8) is 0 Å². The highest BCUT2D eigenvalue weighted by atomic mass is 32.2.